The minimum atomic E-state index is 0.196. The van der Waals surface area contributed by atoms with Gasteiger partial charge in [0.2, 0.25) is 0 Å². The average molecular weight is 329 g/mol. The first-order valence-electron chi connectivity index (χ1n) is 9.46. The third kappa shape index (κ3) is 3.59. The predicted molar refractivity (Wildman–Crippen MR) is 99.6 cm³/mol. The summed E-state index contributed by atoms with van der Waals surface area (Å²) in [6.45, 7) is 11.6. The number of likely N-dealkylation sites (tertiary alicyclic amines) is 1. The van der Waals surface area contributed by atoms with Crippen LogP contribution in [0.3, 0.4) is 0 Å². The van der Waals surface area contributed by atoms with E-state index < -0.39 is 0 Å². The van der Waals surface area contributed by atoms with Crippen LogP contribution in [-0.2, 0) is 0 Å². The summed E-state index contributed by atoms with van der Waals surface area (Å²) in [7, 11) is 0. The predicted octanol–water partition coefficient (Wildman–Crippen LogP) is 2.99. The molecule has 0 saturated carbocycles. The molecule has 1 aromatic rings. The van der Waals surface area contributed by atoms with Gasteiger partial charge in [-0.2, -0.15) is 0 Å². The van der Waals surface area contributed by atoms with E-state index in [2.05, 4.69) is 48.0 Å². The molecule has 0 aliphatic carbocycles. The Hall–Kier alpha value is -1.55. The molecule has 4 nitrogen and oxygen atoms in total. The first-order chi connectivity index (χ1) is 11.6. The zero-order valence-corrected chi connectivity index (χ0v) is 15.3. The molecule has 0 aromatic heterocycles. The van der Waals surface area contributed by atoms with Crippen molar-refractivity contribution in [3.05, 3.63) is 29.8 Å². The van der Waals surface area contributed by atoms with Crippen molar-refractivity contribution in [3.8, 4) is 0 Å². The van der Waals surface area contributed by atoms with E-state index in [0.29, 0.717) is 6.04 Å². The van der Waals surface area contributed by atoms with Crippen molar-refractivity contribution in [2.24, 2.45) is 11.8 Å². The topological polar surface area (TPSA) is 35.6 Å². The number of nitrogens with one attached hydrogen (secondary N) is 1. The van der Waals surface area contributed by atoms with E-state index in [4.69, 9.17) is 0 Å². The van der Waals surface area contributed by atoms with Crippen LogP contribution in [0, 0.1) is 11.8 Å². The van der Waals surface area contributed by atoms with Crippen LogP contribution in [-0.4, -0.2) is 49.6 Å². The Balaban J connectivity index is 1.66. The largest absolute Gasteiger partial charge is 0.369 e. The van der Waals surface area contributed by atoms with Crippen molar-refractivity contribution in [1.29, 1.82) is 0 Å². The number of nitrogens with zero attached hydrogens (tertiary/aromatic N) is 2. The van der Waals surface area contributed by atoms with Crippen LogP contribution in [0.15, 0.2) is 24.3 Å². The molecule has 1 N–H and O–H groups in total. The lowest BCUT2D eigenvalue weighted by Crippen LogP contribution is -2.33. The minimum absolute atomic E-state index is 0.196. The molecule has 2 atom stereocenters. The van der Waals surface area contributed by atoms with Crippen LogP contribution < -0.4 is 10.2 Å². The van der Waals surface area contributed by atoms with Crippen LogP contribution >= 0.6 is 0 Å². The molecule has 0 unspecified atom stereocenters. The molecule has 0 radical (unpaired) electrons. The summed E-state index contributed by atoms with van der Waals surface area (Å²) < 4.78 is 0. The standard InChI is InChI=1S/C20H31N3O/c1-4-23(15(2)3)19-7-5-16(6-8-19)20(24)22-11-9-17-13-21-14-18(17)10-12-22/h5-8,15,17-18,21H,4,9-14H2,1-3H3/t17-,18+. The van der Waals surface area contributed by atoms with Gasteiger partial charge < -0.3 is 15.1 Å². The third-order valence-electron chi connectivity index (χ3n) is 5.72. The summed E-state index contributed by atoms with van der Waals surface area (Å²) >= 11 is 0. The van der Waals surface area contributed by atoms with Gasteiger partial charge in [-0.05, 0) is 82.8 Å². The highest BCUT2D eigenvalue weighted by Gasteiger charge is 2.31. The number of hydrogen-bond donors (Lipinski definition) is 1. The fourth-order valence-corrected chi connectivity index (χ4v) is 4.25. The molecule has 0 spiro atoms. The number of amides is 1. The summed E-state index contributed by atoms with van der Waals surface area (Å²) in [6, 6.07) is 8.64. The van der Waals surface area contributed by atoms with Crippen LogP contribution in [0.5, 0.6) is 0 Å². The minimum Gasteiger partial charge on any atom is -0.369 e. The zero-order valence-electron chi connectivity index (χ0n) is 15.3. The van der Waals surface area contributed by atoms with Crippen LogP contribution in [0.4, 0.5) is 5.69 Å². The number of benzene rings is 1. The second-order valence-electron chi connectivity index (χ2n) is 7.47. The van der Waals surface area contributed by atoms with Crippen molar-refractivity contribution in [2.45, 2.75) is 39.7 Å². The fraction of sp³-hybridized carbons (Fsp3) is 0.650. The molecule has 2 aliphatic rings. The Labute approximate surface area is 146 Å². The molecule has 1 aromatic carbocycles. The van der Waals surface area contributed by atoms with Gasteiger partial charge in [-0.3, -0.25) is 4.79 Å². The Morgan fingerprint density at radius 3 is 2.25 bits per heavy atom. The molecule has 4 heteroatoms. The van der Waals surface area contributed by atoms with Gasteiger partial charge in [-0.15, -0.1) is 0 Å². The fourth-order valence-electron chi connectivity index (χ4n) is 4.25. The van der Waals surface area contributed by atoms with E-state index in [-0.39, 0.29) is 5.91 Å². The number of carbonyl (C=O) groups is 1. The first-order valence-corrected chi connectivity index (χ1v) is 9.46. The van der Waals surface area contributed by atoms with Crippen LogP contribution in [0.2, 0.25) is 0 Å². The van der Waals surface area contributed by atoms with Gasteiger partial charge in [0.05, 0.1) is 0 Å². The Bertz CT molecular complexity index is 541. The molecule has 2 saturated heterocycles. The number of fused-ring (bicyclic) bond motifs is 1. The molecule has 1 amide bonds. The SMILES string of the molecule is CCN(c1ccc(C(=O)N2CC[C@@H]3CNC[C@@H]3CC2)cc1)C(C)C. The summed E-state index contributed by atoms with van der Waals surface area (Å²) in [6.07, 6.45) is 2.27. The van der Waals surface area contributed by atoms with Gasteiger partial charge in [-0.1, -0.05) is 0 Å². The van der Waals surface area contributed by atoms with E-state index in [9.17, 15) is 4.79 Å². The molecule has 24 heavy (non-hydrogen) atoms. The molecule has 2 aliphatic heterocycles. The number of hydrogen-bond acceptors (Lipinski definition) is 3. The second-order valence-corrected chi connectivity index (χ2v) is 7.47. The number of anilines is 1. The maximum atomic E-state index is 12.9. The highest BCUT2D eigenvalue weighted by Crippen LogP contribution is 2.28. The van der Waals surface area contributed by atoms with Gasteiger partial charge in [-0.25, -0.2) is 0 Å². The molecule has 132 valence electrons. The summed E-state index contributed by atoms with van der Waals surface area (Å²) in [5.41, 5.74) is 2.02. The van der Waals surface area contributed by atoms with Crippen molar-refractivity contribution in [1.82, 2.24) is 10.2 Å². The van der Waals surface area contributed by atoms with Crippen LogP contribution in [0.1, 0.15) is 44.0 Å². The molecule has 2 fully saturated rings. The van der Waals surface area contributed by atoms with Gasteiger partial charge in [0.1, 0.15) is 0 Å². The maximum Gasteiger partial charge on any atom is 0.253 e. The van der Waals surface area contributed by atoms with Gasteiger partial charge >= 0.3 is 0 Å². The number of carbonyl (C=O) groups excluding carboxylic acids is 1. The van der Waals surface area contributed by atoms with Crippen molar-refractivity contribution >= 4 is 11.6 Å². The van der Waals surface area contributed by atoms with E-state index in [1.54, 1.807) is 0 Å². The van der Waals surface area contributed by atoms with E-state index >= 15 is 0 Å². The Morgan fingerprint density at radius 1 is 1.17 bits per heavy atom. The molecule has 2 heterocycles. The monoisotopic (exact) mass is 329 g/mol. The van der Waals surface area contributed by atoms with Crippen molar-refractivity contribution < 1.29 is 4.79 Å². The normalized spacial score (nSPS) is 23.9. The van der Waals surface area contributed by atoms with E-state index in [0.717, 1.165) is 63.0 Å². The first kappa shape index (κ1) is 17.3. The lowest BCUT2D eigenvalue weighted by molar-refractivity contribution is 0.0758. The van der Waals surface area contributed by atoms with Crippen molar-refractivity contribution in [2.75, 3.05) is 37.6 Å². The van der Waals surface area contributed by atoms with E-state index in [1.165, 1.54) is 5.69 Å². The lowest BCUT2D eigenvalue weighted by Gasteiger charge is -2.28. The summed E-state index contributed by atoms with van der Waals surface area (Å²) in [5.74, 6) is 1.71. The zero-order chi connectivity index (χ0) is 17.1. The van der Waals surface area contributed by atoms with Gasteiger partial charge in [0.15, 0.2) is 0 Å². The van der Waals surface area contributed by atoms with Crippen molar-refractivity contribution in [3.63, 3.8) is 0 Å². The van der Waals surface area contributed by atoms with Gasteiger partial charge in [0.25, 0.3) is 5.91 Å². The van der Waals surface area contributed by atoms with E-state index in [1.807, 2.05) is 12.1 Å². The quantitative estimate of drug-likeness (QED) is 0.922. The lowest BCUT2D eigenvalue weighted by atomic mass is 9.92. The Kier molecular flexibility index (Phi) is 5.44. The molecular formula is C20H31N3O. The maximum absolute atomic E-state index is 12.9. The Morgan fingerprint density at radius 2 is 1.75 bits per heavy atom. The summed E-state index contributed by atoms with van der Waals surface area (Å²) in [4.78, 5) is 17.3. The van der Waals surface area contributed by atoms with Crippen LogP contribution in [0.25, 0.3) is 0 Å². The molecule has 0 bridgehead atoms. The third-order valence-corrected chi connectivity index (χ3v) is 5.72. The highest BCUT2D eigenvalue weighted by molar-refractivity contribution is 5.94. The smallest absolute Gasteiger partial charge is 0.253 e. The highest BCUT2D eigenvalue weighted by atomic mass is 16.2. The summed E-state index contributed by atoms with van der Waals surface area (Å²) in [5, 5.41) is 3.49. The average Bonchev–Trinajstić information content (AvgIpc) is 2.94. The molecular weight excluding hydrogens is 298 g/mol. The molecule has 3 rings (SSSR count). The second kappa shape index (κ2) is 7.56. The van der Waals surface area contributed by atoms with Gasteiger partial charge in [0, 0.05) is 36.9 Å². The number of rotatable bonds is 4.